The molecule has 1 aromatic heterocycles. The topological polar surface area (TPSA) is 49.0 Å². The fourth-order valence-corrected chi connectivity index (χ4v) is 3.16. The minimum atomic E-state index is -4.50. The van der Waals surface area contributed by atoms with Crippen LogP contribution in [0.25, 0.3) is 11.4 Å². The van der Waals surface area contributed by atoms with Crippen LogP contribution in [0.4, 0.5) is 13.2 Å². The summed E-state index contributed by atoms with van der Waals surface area (Å²) in [5, 5.41) is 0. The van der Waals surface area contributed by atoms with Crippen molar-refractivity contribution in [2.24, 2.45) is 0 Å². The molecule has 1 aliphatic heterocycles. The number of aromatic nitrogens is 2. The summed E-state index contributed by atoms with van der Waals surface area (Å²) < 4.78 is 39.6. The third-order valence-corrected chi connectivity index (χ3v) is 4.29. The van der Waals surface area contributed by atoms with Crippen LogP contribution >= 0.6 is 0 Å². The Bertz CT molecular complexity index is 785. The molecule has 1 atom stereocenters. The molecule has 0 radical (unpaired) electrons. The van der Waals surface area contributed by atoms with Gasteiger partial charge < -0.3 is 9.88 Å². The first-order chi connectivity index (χ1) is 11.3. The molecular formula is C17H18F3N3O. The molecule has 0 spiro atoms. The zero-order valence-electron chi connectivity index (χ0n) is 13.2. The lowest BCUT2D eigenvalue weighted by atomic mass is 9.94. The maximum absolute atomic E-state index is 13.2. The van der Waals surface area contributed by atoms with Gasteiger partial charge in [-0.15, -0.1) is 0 Å². The van der Waals surface area contributed by atoms with Gasteiger partial charge in [-0.25, -0.2) is 4.98 Å². The highest BCUT2D eigenvalue weighted by Crippen LogP contribution is 2.36. The number of aromatic amines is 1. The number of rotatable bonds is 2. The molecule has 1 aromatic carbocycles. The predicted molar refractivity (Wildman–Crippen MR) is 84.8 cm³/mol. The van der Waals surface area contributed by atoms with Crippen molar-refractivity contribution < 1.29 is 13.2 Å². The summed E-state index contributed by atoms with van der Waals surface area (Å²) in [5.41, 5.74) is -0.781. The van der Waals surface area contributed by atoms with Crippen molar-refractivity contribution in [2.75, 3.05) is 20.1 Å². The van der Waals surface area contributed by atoms with E-state index in [0.717, 1.165) is 32.0 Å². The van der Waals surface area contributed by atoms with Crippen molar-refractivity contribution in [1.82, 2.24) is 14.9 Å². The molecule has 0 amide bonds. The zero-order chi connectivity index (χ0) is 17.3. The average Bonchev–Trinajstić information content (AvgIpc) is 2.53. The van der Waals surface area contributed by atoms with Crippen LogP contribution in [0, 0.1) is 0 Å². The summed E-state index contributed by atoms with van der Waals surface area (Å²) in [6, 6.07) is 6.55. The molecule has 128 valence electrons. The molecule has 2 heterocycles. The summed E-state index contributed by atoms with van der Waals surface area (Å²) >= 11 is 0. The lowest BCUT2D eigenvalue weighted by molar-refractivity contribution is -0.137. The van der Waals surface area contributed by atoms with Gasteiger partial charge in [0.25, 0.3) is 5.56 Å². The fraction of sp³-hybridized carbons (Fsp3) is 0.412. The van der Waals surface area contributed by atoms with Gasteiger partial charge in [0.05, 0.1) is 11.3 Å². The molecule has 24 heavy (non-hydrogen) atoms. The van der Waals surface area contributed by atoms with E-state index in [4.69, 9.17) is 0 Å². The van der Waals surface area contributed by atoms with E-state index >= 15 is 0 Å². The Morgan fingerprint density at radius 3 is 2.75 bits per heavy atom. The quantitative estimate of drug-likeness (QED) is 0.915. The molecule has 0 saturated carbocycles. The average molecular weight is 337 g/mol. The van der Waals surface area contributed by atoms with Crippen LogP contribution in [0.3, 0.4) is 0 Å². The lowest BCUT2D eigenvalue weighted by Crippen LogP contribution is -2.32. The molecule has 1 unspecified atom stereocenters. The number of nitrogens with one attached hydrogen (secondary N) is 1. The highest BCUT2D eigenvalue weighted by Gasteiger charge is 2.34. The minimum absolute atomic E-state index is 0.0290. The predicted octanol–water partition coefficient (Wildman–Crippen LogP) is 3.26. The van der Waals surface area contributed by atoms with Crippen molar-refractivity contribution in [3.63, 3.8) is 0 Å². The van der Waals surface area contributed by atoms with Crippen LogP contribution in [0.5, 0.6) is 0 Å². The molecule has 1 fully saturated rings. The molecule has 1 aliphatic rings. The molecule has 3 rings (SSSR count). The second kappa shape index (κ2) is 6.39. The van der Waals surface area contributed by atoms with E-state index in [1.807, 2.05) is 7.05 Å². The normalized spacial score (nSPS) is 19.4. The van der Waals surface area contributed by atoms with Crippen molar-refractivity contribution in [3.8, 4) is 11.4 Å². The molecular weight excluding hydrogens is 319 g/mol. The monoisotopic (exact) mass is 337 g/mol. The standard InChI is InChI=1S/C17H18F3N3O/c1-23-8-4-5-11(10-23)14-9-15(24)22-16(21-14)12-6-2-3-7-13(12)17(18,19)20/h2-3,6-7,9,11H,4-5,8,10H2,1H3,(H,21,22,24). The van der Waals surface area contributed by atoms with Crippen LogP contribution in [0.1, 0.15) is 30.0 Å². The van der Waals surface area contributed by atoms with Crippen molar-refractivity contribution >= 4 is 0 Å². The summed E-state index contributed by atoms with van der Waals surface area (Å²) in [4.78, 5) is 20.9. The zero-order valence-corrected chi connectivity index (χ0v) is 13.2. The second-order valence-electron chi connectivity index (χ2n) is 6.16. The van der Waals surface area contributed by atoms with Crippen LogP contribution < -0.4 is 5.56 Å². The molecule has 4 nitrogen and oxygen atoms in total. The maximum Gasteiger partial charge on any atom is 0.417 e. The Balaban J connectivity index is 2.06. The van der Waals surface area contributed by atoms with Gasteiger partial charge in [0.15, 0.2) is 0 Å². The summed E-state index contributed by atoms with van der Waals surface area (Å²) in [5.74, 6) is 0.0292. The van der Waals surface area contributed by atoms with Gasteiger partial charge in [0.2, 0.25) is 0 Å². The first-order valence-electron chi connectivity index (χ1n) is 7.81. The third-order valence-electron chi connectivity index (χ3n) is 4.29. The molecule has 1 N–H and O–H groups in total. The Hall–Kier alpha value is -2.15. The SMILES string of the molecule is CN1CCCC(c2cc(=O)[nH]c(-c3ccccc3C(F)(F)F)n2)C1. The van der Waals surface area contributed by atoms with E-state index in [-0.39, 0.29) is 17.3 Å². The highest BCUT2D eigenvalue weighted by atomic mass is 19.4. The van der Waals surface area contributed by atoms with Gasteiger partial charge in [-0.1, -0.05) is 18.2 Å². The van der Waals surface area contributed by atoms with Gasteiger partial charge in [0, 0.05) is 24.1 Å². The fourth-order valence-electron chi connectivity index (χ4n) is 3.16. The molecule has 0 bridgehead atoms. The van der Waals surface area contributed by atoms with Gasteiger partial charge in [-0.05, 0) is 32.5 Å². The van der Waals surface area contributed by atoms with E-state index < -0.39 is 17.3 Å². The Kier molecular flexibility index (Phi) is 4.45. The molecule has 2 aromatic rings. The number of hydrogen-bond donors (Lipinski definition) is 1. The van der Waals surface area contributed by atoms with Crippen LogP contribution in [0.15, 0.2) is 35.1 Å². The van der Waals surface area contributed by atoms with Crippen molar-refractivity contribution in [1.29, 1.82) is 0 Å². The number of halogens is 3. The smallest absolute Gasteiger partial charge is 0.307 e. The summed E-state index contributed by atoms with van der Waals surface area (Å²) in [6.45, 7) is 1.72. The molecule has 1 saturated heterocycles. The number of hydrogen-bond acceptors (Lipinski definition) is 3. The third kappa shape index (κ3) is 3.51. The van der Waals surface area contributed by atoms with Crippen molar-refractivity contribution in [2.45, 2.75) is 24.9 Å². The lowest BCUT2D eigenvalue weighted by Gasteiger charge is -2.29. The van der Waals surface area contributed by atoms with Gasteiger partial charge in [0.1, 0.15) is 5.82 Å². The van der Waals surface area contributed by atoms with Crippen molar-refractivity contribution in [3.05, 3.63) is 51.9 Å². The number of likely N-dealkylation sites (tertiary alicyclic amines) is 1. The Labute approximate surface area is 137 Å². The second-order valence-corrected chi connectivity index (χ2v) is 6.16. The summed E-state index contributed by atoms with van der Waals surface area (Å²) in [7, 11) is 1.99. The largest absolute Gasteiger partial charge is 0.417 e. The van der Waals surface area contributed by atoms with Gasteiger partial charge >= 0.3 is 6.18 Å². The van der Waals surface area contributed by atoms with E-state index in [1.54, 1.807) is 0 Å². The van der Waals surface area contributed by atoms with Crippen LogP contribution in [-0.2, 0) is 6.18 Å². The minimum Gasteiger partial charge on any atom is -0.307 e. The number of benzene rings is 1. The highest BCUT2D eigenvalue weighted by molar-refractivity contribution is 5.61. The molecule has 7 heteroatoms. The number of H-pyrrole nitrogens is 1. The molecule has 0 aliphatic carbocycles. The maximum atomic E-state index is 13.2. The van der Waals surface area contributed by atoms with E-state index in [2.05, 4.69) is 14.9 Å². The van der Waals surface area contributed by atoms with Crippen LogP contribution in [0.2, 0.25) is 0 Å². The number of piperidine rings is 1. The van der Waals surface area contributed by atoms with Crippen LogP contribution in [-0.4, -0.2) is 35.0 Å². The number of alkyl halides is 3. The van der Waals surface area contributed by atoms with E-state index in [9.17, 15) is 18.0 Å². The first kappa shape index (κ1) is 16.7. The Morgan fingerprint density at radius 1 is 1.29 bits per heavy atom. The number of nitrogens with zero attached hydrogens (tertiary/aromatic N) is 2. The van der Waals surface area contributed by atoms with Gasteiger partial charge in [-0.3, -0.25) is 4.79 Å². The van der Waals surface area contributed by atoms with Gasteiger partial charge in [-0.2, -0.15) is 13.2 Å². The van der Waals surface area contributed by atoms with E-state index in [0.29, 0.717) is 5.69 Å². The Morgan fingerprint density at radius 2 is 2.04 bits per heavy atom. The summed E-state index contributed by atoms with van der Waals surface area (Å²) in [6.07, 6.45) is -2.65. The first-order valence-corrected chi connectivity index (χ1v) is 7.81. The van der Waals surface area contributed by atoms with E-state index in [1.165, 1.54) is 24.3 Å². The number of likely N-dealkylation sites (N-methyl/N-ethyl adjacent to an activating group) is 1.